The minimum absolute atomic E-state index is 0.0480. The van der Waals surface area contributed by atoms with Gasteiger partial charge in [-0.2, -0.15) is 0 Å². The molecule has 0 heterocycles. The van der Waals surface area contributed by atoms with E-state index in [0.29, 0.717) is 6.54 Å². The van der Waals surface area contributed by atoms with Crippen LogP contribution in [0.3, 0.4) is 0 Å². The Morgan fingerprint density at radius 1 is 1.58 bits per heavy atom. The monoisotopic (exact) mass is 192 g/mol. The highest BCUT2D eigenvalue weighted by Crippen LogP contribution is 1.90. The number of carbonyl (C=O) groups excluding carboxylic acids is 1. The Kier molecular flexibility index (Phi) is 5.08. The van der Waals surface area contributed by atoms with Gasteiger partial charge in [0.05, 0.1) is 6.04 Å². The van der Waals surface area contributed by atoms with Crippen LogP contribution in [0.5, 0.6) is 0 Å². The van der Waals surface area contributed by atoms with Gasteiger partial charge in [-0.05, 0) is 13.8 Å². The molecule has 0 fully saturated rings. The first-order valence-corrected chi connectivity index (χ1v) is 5.42. The number of nitrogens with two attached hydrogens (primary N) is 1. The molecule has 72 valence electrons. The molecule has 5 heteroatoms. The molecule has 4 nitrogen and oxygen atoms in total. The van der Waals surface area contributed by atoms with Gasteiger partial charge in [0.1, 0.15) is 0 Å². The smallest absolute Gasteiger partial charge is 0.234 e. The van der Waals surface area contributed by atoms with Crippen LogP contribution in [0.4, 0.5) is 0 Å². The maximum atomic E-state index is 10.9. The van der Waals surface area contributed by atoms with Crippen LogP contribution in [0.2, 0.25) is 0 Å². The lowest BCUT2D eigenvalue weighted by Gasteiger charge is -2.13. The van der Waals surface area contributed by atoms with Gasteiger partial charge in [0, 0.05) is 28.9 Å². The largest absolute Gasteiger partial charge is 0.368 e. The zero-order chi connectivity index (χ0) is 9.72. The lowest BCUT2D eigenvalue weighted by molar-refractivity contribution is -0.119. The summed E-state index contributed by atoms with van der Waals surface area (Å²) in [5, 5.41) is 2.94. The van der Waals surface area contributed by atoms with Crippen molar-refractivity contribution >= 4 is 16.7 Å². The van der Waals surface area contributed by atoms with Crippen molar-refractivity contribution in [2.24, 2.45) is 5.73 Å². The van der Waals surface area contributed by atoms with Crippen LogP contribution in [0, 0.1) is 0 Å². The average Bonchev–Trinajstić information content (AvgIpc) is 1.98. The standard InChI is InChI=1S/C7H16N2O2S/c1-5(12(3)11)4-9-6(2)7(8)10/h5-6,9H,4H2,1-3H3,(H2,8,10). The summed E-state index contributed by atoms with van der Waals surface area (Å²) in [6, 6.07) is -0.351. The van der Waals surface area contributed by atoms with Crippen LogP contribution >= 0.6 is 0 Å². The van der Waals surface area contributed by atoms with Gasteiger partial charge in [0.2, 0.25) is 5.91 Å². The number of carbonyl (C=O) groups is 1. The fourth-order valence-corrected chi connectivity index (χ4v) is 0.892. The molecule has 0 bridgehead atoms. The maximum Gasteiger partial charge on any atom is 0.234 e. The maximum absolute atomic E-state index is 10.9. The van der Waals surface area contributed by atoms with Crippen LogP contribution in [-0.4, -0.2) is 34.2 Å². The number of hydrogen-bond donors (Lipinski definition) is 2. The molecule has 3 unspecified atom stereocenters. The highest BCUT2D eigenvalue weighted by Gasteiger charge is 2.11. The number of primary amides is 1. The summed E-state index contributed by atoms with van der Waals surface area (Å²) in [5.74, 6) is -0.385. The Hall–Kier alpha value is -0.420. The van der Waals surface area contributed by atoms with Gasteiger partial charge in [-0.3, -0.25) is 9.00 Å². The lowest BCUT2D eigenvalue weighted by Crippen LogP contribution is -2.42. The van der Waals surface area contributed by atoms with E-state index in [2.05, 4.69) is 5.32 Å². The van der Waals surface area contributed by atoms with Gasteiger partial charge in [-0.15, -0.1) is 0 Å². The van der Waals surface area contributed by atoms with Crippen molar-refractivity contribution in [3.8, 4) is 0 Å². The van der Waals surface area contributed by atoms with Crippen LogP contribution in [-0.2, 0) is 15.6 Å². The summed E-state index contributed by atoms with van der Waals surface area (Å²) in [7, 11) is -0.855. The van der Waals surface area contributed by atoms with Gasteiger partial charge in [-0.25, -0.2) is 0 Å². The molecule has 0 aromatic rings. The van der Waals surface area contributed by atoms with Crippen molar-refractivity contribution in [3.63, 3.8) is 0 Å². The Labute approximate surface area is 75.4 Å². The third-order valence-electron chi connectivity index (χ3n) is 1.70. The summed E-state index contributed by atoms with van der Waals surface area (Å²) in [5.41, 5.74) is 5.02. The van der Waals surface area contributed by atoms with Gasteiger partial charge in [-0.1, -0.05) is 0 Å². The van der Waals surface area contributed by atoms with Crippen LogP contribution in [0.15, 0.2) is 0 Å². The van der Waals surface area contributed by atoms with E-state index in [0.717, 1.165) is 0 Å². The first kappa shape index (κ1) is 11.6. The summed E-state index contributed by atoms with van der Waals surface area (Å²) >= 11 is 0. The third kappa shape index (κ3) is 4.46. The number of hydrogen-bond acceptors (Lipinski definition) is 3. The molecule has 12 heavy (non-hydrogen) atoms. The van der Waals surface area contributed by atoms with E-state index >= 15 is 0 Å². The minimum Gasteiger partial charge on any atom is -0.368 e. The first-order chi connectivity index (χ1) is 5.45. The second kappa shape index (κ2) is 5.27. The van der Waals surface area contributed by atoms with E-state index < -0.39 is 10.8 Å². The number of rotatable bonds is 5. The molecule has 0 aliphatic carbocycles. The topological polar surface area (TPSA) is 72.2 Å². The SMILES string of the molecule is CC(NCC(C)S(C)=O)C(N)=O. The zero-order valence-corrected chi connectivity index (χ0v) is 8.48. The average molecular weight is 192 g/mol. The molecule has 0 spiro atoms. The molecule has 0 aliphatic rings. The molecular formula is C7H16N2O2S. The van der Waals surface area contributed by atoms with E-state index in [9.17, 15) is 9.00 Å². The van der Waals surface area contributed by atoms with Gasteiger partial charge >= 0.3 is 0 Å². The van der Waals surface area contributed by atoms with E-state index in [4.69, 9.17) is 5.73 Å². The van der Waals surface area contributed by atoms with Crippen molar-refractivity contribution in [1.29, 1.82) is 0 Å². The van der Waals surface area contributed by atoms with Crippen LogP contribution in [0.1, 0.15) is 13.8 Å². The van der Waals surface area contributed by atoms with Crippen molar-refractivity contribution < 1.29 is 9.00 Å². The first-order valence-electron chi connectivity index (χ1n) is 3.80. The van der Waals surface area contributed by atoms with E-state index in [1.54, 1.807) is 13.2 Å². The summed E-state index contributed by atoms with van der Waals surface area (Å²) in [6.45, 7) is 4.09. The molecule has 3 atom stereocenters. The highest BCUT2D eigenvalue weighted by molar-refractivity contribution is 7.84. The van der Waals surface area contributed by atoms with Gasteiger partial charge in [0.15, 0.2) is 0 Å². The number of nitrogens with one attached hydrogen (secondary N) is 1. The molecule has 0 radical (unpaired) electrons. The van der Waals surface area contributed by atoms with E-state index in [-0.39, 0.29) is 17.2 Å². The Bertz CT molecular complexity index is 164. The fourth-order valence-electron chi connectivity index (χ4n) is 0.561. The molecule has 1 amide bonds. The van der Waals surface area contributed by atoms with Crippen molar-refractivity contribution in [2.45, 2.75) is 25.1 Å². The fraction of sp³-hybridized carbons (Fsp3) is 0.857. The highest BCUT2D eigenvalue weighted by atomic mass is 32.2. The van der Waals surface area contributed by atoms with Crippen molar-refractivity contribution in [3.05, 3.63) is 0 Å². The molecule has 0 aromatic heterocycles. The molecule has 3 N–H and O–H groups in total. The predicted molar refractivity (Wildman–Crippen MR) is 50.2 cm³/mol. The normalized spacial score (nSPS) is 18.2. The Balaban J connectivity index is 3.68. The van der Waals surface area contributed by atoms with Crippen LogP contribution in [0.25, 0.3) is 0 Å². The summed E-state index contributed by atoms with van der Waals surface area (Å²) < 4.78 is 10.9. The zero-order valence-electron chi connectivity index (χ0n) is 7.66. The summed E-state index contributed by atoms with van der Waals surface area (Å²) in [4.78, 5) is 10.6. The predicted octanol–water partition coefficient (Wildman–Crippen LogP) is -0.783. The molecule has 0 saturated heterocycles. The van der Waals surface area contributed by atoms with Crippen LogP contribution < -0.4 is 11.1 Å². The molecular weight excluding hydrogens is 176 g/mol. The minimum atomic E-state index is -0.855. The van der Waals surface area contributed by atoms with Crippen molar-refractivity contribution in [1.82, 2.24) is 5.32 Å². The summed E-state index contributed by atoms with van der Waals surface area (Å²) in [6.07, 6.45) is 1.64. The lowest BCUT2D eigenvalue weighted by atomic mass is 10.3. The molecule has 0 rings (SSSR count). The second-order valence-corrected chi connectivity index (χ2v) is 4.64. The van der Waals surface area contributed by atoms with Gasteiger partial charge < -0.3 is 11.1 Å². The molecule has 0 saturated carbocycles. The Morgan fingerprint density at radius 3 is 2.42 bits per heavy atom. The van der Waals surface area contributed by atoms with E-state index in [1.165, 1.54) is 0 Å². The third-order valence-corrected chi connectivity index (χ3v) is 3.00. The molecule has 0 aliphatic heterocycles. The van der Waals surface area contributed by atoms with E-state index in [1.807, 2.05) is 6.92 Å². The second-order valence-electron chi connectivity index (χ2n) is 2.84. The quantitative estimate of drug-likeness (QED) is 0.600. The molecule has 0 aromatic carbocycles. The Morgan fingerprint density at radius 2 is 2.08 bits per heavy atom. The number of amides is 1. The van der Waals surface area contributed by atoms with Crippen molar-refractivity contribution in [2.75, 3.05) is 12.8 Å². The van der Waals surface area contributed by atoms with Gasteiger partial charge in [0.25, 0.3) is 0 Å².